The molecule has 2 aliphatic rings. The van der Waals surface area contributed by atoms with E-state index in [2.05, 4.69) is 20.4 Å². The van der Waals surface area contributed by atoms with Crippen LogP contribution in [-0.2, 0) is 10.3 Å². The number of nitrogens with one attached hydrogen (secondary N) is 1. The highest BCUT2D eigenvalue weighted by molar-refractivity contribution is 5.66. The van der Waals surface area contributed by atoms with Gasteiger partial charge >= 0.3 is 0 Å². The number of hydrogen-bond acceptors (Lipinski definition) is 6. The van der Waals surface area contributed by atoms with Crippen LogP contribution in [0.3, 0.4) is 0 Å². The SMILES string of the molecule is COC1(c2cc(F)c(-c3ccc4cnc(Nc5cnccc5[C@@H]5CCC[C@H](N)C5)n4n3)c(F)c2)CCCC1. The summed E-state index contributed by atoms with van der Waals surface area (Å²) in [5, 5.41) is 7.94. The zero-order valence-electron chi connectivity index (χ0n) is 21.5. The number of ether oxygens (including phenoxy) is 1. The second kappa shape index (κ2) is 10.0. The van der Waals surface area contributed by atoms with Crippen LogP contribution in [0, 0.1) is 11.6 Å². The van der Waals surface area contributed by atoms with Gasteiger partial charge in [0.25, 0.3) is 0 Å². The number of nitrogens with two attached hydrogens (primary N) is 1. The van der Waals surface area contributed by atoms with Gasteiger partial charge in [-0.05, 0) is 79.5 Å². The molecule has 2 saturated carbocycles. The number of nitrogens with zero attached hydrogens (tertiary/aromatic N) is 4. The second-order valence-corrected chi connectivity index (χ2v) is 10.6. The van der Waals surface area contributed by atoms with Gasteiger partial charge < -0.3 is 15.8 Å². The maximum absolute atomic E-state index is 15.4. The molecule has 198 valence electrons. The van der Waals surface area contributed by atoms with E-state index >= 15 is 8.78 Å². The van der Waals surface area contributed by atoms with Crippen molar-refractivity contribution in [3.8, 4) is 11.3 Å². The third-order valence-electron chi connectivity index (χ3n) is 8.27. The Morgan fingerprint density at radius 1 is 1.05 bits per heavy atom. The lowest BCUT2D eigenvalue weighted by atomic mass is 9.81. The molecule has 2 aliphatic carbocycles. The number of hydrogen-bond donors (Lipinski definition) is 2. The minimum atomic E-state index is -0.659. The van der Waals surface area contributed by atoms with Gasteiger partial charge in [-0.1, -0.05) is 19.3 Å². The van der Waals surface area contributed by atoms with Crippen molar-refractivity contribution in [2.45, 2.75) is 68.9 Å². The first-order chi connectivity index (χ1) is 18.5. The average molecular weight is 519 g/mol. The van der Waals surface area contributed by atoms with Crippen LogP contribution in [0.2, 0.25) is 0 Å². The summed E-state index contributed by atoms with van der Waals surface area (Å²) >= 11 is 0. The molecule has 0 unspecified atom stereocenters. The monoisotopic (exact) mass is 518 g/mol. The zero-order valence-corrected chi connectivity index (χ0v) is 21.5. The van der Waals surface area contributed by atoms with Crippen LogP contribution in [-0.4, -0.2) is 32.7 Å². The van der Waals surface area contributed by atoms with E-state index in [9.17, 15) is 0 Å². The molecule has 3 heterocycles. The molecule has 4 aromatic rings. The number of fused-ring (bicyclic) bond motifs is 1. The first-order valence-corrected chi connectivity index (χ1v) is 13.3. The van der Waals surface area contributed by atoms with Gasteiger partial charge in [0.15, 0.2) is 0 Å². The molecule has 3 N–H and O–H groups in total. The van der Waals surface area contributed by atoms with E-state index in [4.69, 9.17) is 10.5 Å². The predicted octanol–water partition coefficient (Wildman–Crippen LogP) is 6.21. The lowest BCUT2D eigenvalue weighted by Crippen LogP contribution is -2.27. The Hall–Kier alpha value is -3.43. The van der Waals surface area contributed by atoms with E-state index in [0.29, 0.717) is 22.9 Å². The maximum atomic E-state index is 15.4. The Kier molecular flexibility index (Phi) is 6.57. The third kappa shape index (κ3) is 4.43. The lowest BCUT2D eigenvalue weighted by molar-refractivity contribution is -0.00914. The molecule has 3 aromatic heterocycles. The summed E-state index contributed by atoms with van der Waals surface area (Å²) in [5.41, 5.74) is 8.82. The Morgan fingerprint density at radius 2 is 1.84 bits per heavy atom. The number of benzene rings is 1. The van der Waals surface area contributed by atoms with Crippen LogP contribution in [0.5, 0.6) is 0 Å². The van der Waals surface area contributed by atoms with Crippen molar-refractivity contribution >= 4 is 17.2 Å². The van der Waals surface area contributed by atoms with Crippen LogP contribution in [0.25, 0.3) is 16.8 Å². The minimum Gasteiger partial charge on any atom is -0.374 e. The van der Waals surface area contributed by atoms with Crippen molar-refractivity contribution in [2.75, 3.05) is 12.4 Å². The standard InChI is InChI=1S/C29H32F2N6O/c1-38-29(10-2-3-11-29)19-14-23(30)27(24(31)15-19)25-8-7-21-16-34-28(37(21)36-25)35-26-17-33-12-9-22(26)18-5-4-6-20(32)13-18/h7-9,12,14-18,20H,2-6,10-11,13,32H2,1H3,(H,34,35)/t18-,20+/m1/s1. The van der Waals surface area contributed by atoms with Crippen LogP contribution in [0.4, 0.5) is 20.4 Å². The Balaban J connectivity index is 1.35. The molecule has 2 fully saturated rings. The normalized spacial score (nSPS) is 21.2. The summed E-state index contributed by atoms with van der Waals surface area (Å²) in [6.45, 7) is 0. The quantitative estimate of drug-likeness (QED) is 0.315. The summed E-state index contributed by atoms with van der Waals surface area (Å²) in [7, 11) is 1.61. The largest absolute Gasteiger partial charge is 0.374 e. The number of aromatic nitrogens is 4. The van der Waals surface area contributed by atoms with E-state index < -0.39 is 17.2 Å². The van der Waals surface area contributed by atoms with Crippen molar-refractivity contribution in [1.29, 1.82) is 0 Å². The van der Waals surface area contributed by atoms with Gasteiger partial charge in [-0.3, -0.25) is 4.98 Å². The number of anilines is 2. The van der Waals surface area contributed by atoms with E-state index in [1.165, 1.54) is 12.1 Å². The fourth-order valence-corrected chi connectivity index (χ4v) is 6.24. The molecular formula is C29H32F2N6O. The molecule has 0 spiro atoms. The highest BCUT2D eigenvalue weighted by atomic mass is 19.1. The zero-order chi connectivity index (χ0) is 26.3. The van der Waals surface area contributed by atoms with Gasteiger partial charge in [-0.15, -0.1) is 0 Å². The number of imidazole rings is 1. The predicted molar refractivity (Wildman–Crippen MR) is 142 cm³/mol. The number of halogens is 2. The molecule has 2 atom stereocenters. The molecule has 0 radical (unpaired) electrons. The van der Waals surface area contributed by atoms with E-state index in [1.54, 1.807) is 42.3 Å². The molecule has 0 bridgehead atoms. The summed E-state index contributed by atoms with van der Waals surface area (Å²) in [5.74, 6) is -0.546. The summed E-state index contributed by atoms with van der Waals surface area (Å²) in [6.07, 6.45) is 12.8. The molecule has 9 heteroatoms. The molecule has 7 nitrogen and oxygen atoms in total. The minimum absolute atomic E-state index is 0.169. The first kappa shape index (κ1) is 24.9. The van der Waals surface area contributed by atoms with Gasteiger partial charge in [0.1, 0.15) is 11.6 Å². The van der Waals surface area contributed by atoms with Crippen molar-refractivity contribution in [2.24, 2.45) is 5.73 Å². The molecular weight excluding hydrogens is 486 g/mol. The smallest absolute Gasteiger partial charge is 0.229 e. The van der Waals surface area contributed by atoms with Crippen molar-refractivity contribution in [3.05, 3.63) is 71.7 Å². The highest BCUT2D eigenvalue weighted by Gasteiger charge is 2.37. The van der Waals surface area contributed by atoms with Gasteiger partial charge in [-0.25, -0.2) is 13.8 Å². The summed E-state index contributed by atoms with van der Waals surface area (Å²) in [4.78, 5) is 8.79. The van der Waals surface area contributed by atoms with Gasteiger partial charge in [0, 0.05) is 19.3 Å². The van der Waals surface area contributed by atoms with Crippen LogP contribution >= 0.6 is 0 Å². The topological polar surface area (TPSA) is 90.4 Å². The summed E-state index contributed by atoms with van der Waals surface area (Å²) < 4.78 is 38.2. The Morgan fingerprint density at radius 3 is 2.58 bits per heavy atom. The molecule has 0 amide bonds. The molecule has 0 aliphatic heterocycles. The maximum Gasteiger partial charge on any atom is 0.229 e. The third-order valence-corrected chi connectivity index (χ3v) is 8.27. The molecule has 0 saturated heterocycles. The molecule has 38 heavy (non-hydrogen) atoms. The van der Waals surface area contributed by atoms with Gasteiger partial charge in [0.05, 0.1) is 40.5 Å². The lowest BCUT2D eigenvalue weighted by Gasteiger charge is -2.28. The van der Waals surface area contributed by atoms with Gasteiger partial charge in [-0.2, -0.15) is 9.61 Å². The van der Waals surface area contributed by atoms with Crippen molar-refractivity contribution in [3.63, 3.8) is 0 Å². The number of pyridine rings is 1. The highest BCUT2D eigenvalue weighted by Crippen LogP contribution is 2.43. The number of rotatable bonds is 6. The first-order valence-electron chi connectivity index (χ1n) is 13.3. The van der Waals surface area contributed by atoms with Crippen LogP contribution in [0.15, 0.2) is 48.9 Å². The Bertz CT molecular complexity index is 1440. The van der Waals surface area contributed by atoms with E-state index in [0.717, 1.165) is 62.6 Å². The van der Waals surface area contributed by atoms with Gasteiger partial charge in [0.2, 0.25) is 5.95 Å². The summed E-state index contributed by atoms with van der Waals surface area (Å²) in [6, 6.07) is 8.36. The van der Waals surface area contributed by atoms with Crippen molar-refractivity contribution < 1.29 is 13.5 Å². The second-order valence-electron chi connectivity index (χ2n) is 10.6. The number of methoxy groups -OCH3 is 1. The van der Waals surface area contributed by atoms with E-state index in [-0.39, 0.29) is 17.3 Å². The molecule has 1 aromatic carbocycles. The molecule has 6 rings (SSSR count). The van der Waals surface area contributed by atoms with E-state index in [1.807, 2.05) is 6.07 Å². The van der Waals surface area contributed by atoms with Crippen molar-refractivity contribution in [1.82, 2.24) is 19.6 Å². The fourth-order valence-electron chi connectivity index (χ4n) is 6.24. The Labute approximate surface area is 220 Å². The van der Waals surface area contributed by atoms with Crippen LogP contribution in [0.1, 0.15) is 68.4 Å². The van der Waals surface area contributed by atoms with Crippen LogP contribution < -0.4 is 11.1 Å². The average Bonchev–Trinajstić information content (AvgIpc) is 3.57. The fraction of sp³-hybridized carbons (Fsp3) is 0.414.